The SMILES string of the molecule is CCCc1nc2ccc(C(F)(F)F)cn2c1C(=O)NCCCOCC. The number of pyridine rings is 1. The number of aryl methyl sites for hydroxylation is 1. The molecule has 138 valence electrons. The topological polar surface area (TPSA) is 55.6 Å². The molecule has 0 bridgehead atoms. The van der Waals surface area contributed by atoms with Crippen LogP contribution >= 0.6 is 0 Å². The molecule has 1 amide bonds. The number of alkyl halides is 3. The molecule has 0 saturated carbocycles. The van der Waals surface area contributed by atoms with E-state index in [0.29, 0.717) is 43.9 Å². The average molecular weight is 357 g/mol. The fourth-order valence-corrected chi connectivity index (χ4v) is 2.52. The molecule has 25 heavy (non-hydrogen) atoms. The number of hydrogen-bond donors (Lipinski definition) is 1. The third-order valence-electron chi connectivity index (χ3n) is 3.68. The molecule has 0 aromatic carbocycles. The Hall–Kier alpha value is -2.09. The number of carbonyl (C=O) groups excluding carboxylic acids is 1. The van der Waals surface area contributed by atoms with Crippen molar-refractivity contribution in [3.63, 3.8) is 0 Å². The summed E-state index contributed by atoms with van der Waals surface area (Å²) in [5.41, 5.74) is 0.185. The zero-order valence-corrected chi connectivity index (χ0v) is 14.3. The Balaban J connectivity index is 2.30. The summed E-state index contributed by atoms with van der Waals surface area (Å²) in [6.07, 6.45) is -1.66. The molecule has 0 atom stereocenters. The number of rotatable bonds is 8. The maximum absolute atomic E-state index is 13.0. The number of carbonyl (C=O) groups is 1. The van der Waals surface area contributed by atoms with Crippen LogP contribution in [0.1, 0.15) is 48.4 Å². The first-order valence-electron chi connectivity index (χ1n) is 8.32. The zero-order chi connectivity index (χ0) is 18.4. The monoisotopic (exact) mass is 357 g/mol. The van der Waals surface area contributed by atoms with Crippen molar-refractivity contribution in [3.05, 3.63) is 35.3 Å². The highest BCUT2D eigenvalue weighted by Gasteiger charge is 2.31. The minimum Gasteiger partial charge on any atom is -0.382 e. The van der Waals surface area contributed by atoms with E-state index in [9.17, 15) is 18.0 Å². The summed E-state index contributed by atoms with van der Waals surface area (Å²) < 4.78 is 45.4. The van der Waals surface area contributed by atoms with Crippen LogP contribution in [0.4, 0.5) is 13.2 Å². The second-order valence-electron chi connectivity index (χ2n) is 5.61. The molecule has 8 heteroatoms. The van der Waals surface area contributed by atoms with Gasteiger partial charge in [-0.3, -0.25) is 9.20 Å². The summed E-state index contributed by atoms with van der Waals surface area (Å²) in [6.45, 7) is 5.31. The smallest absolute Gasteiger partial charge is 0.382 e. The lowest BCUT2D eigenvalue weighted by Crippen LogP contribution is -2.27. The summed E-state index contributed by atoms with van der Waals surface area (Å²) >= 11 is 0. The predicted molar refractivity (Wildman–Crippen MR) is 87.6 cm³/mol. The standard InChI is InChI=1S/C17H22F3N3O2/c1-3-6-13-15(16(24)21-9-5-10-25-4-2)23-11-12(17(18,19)20)7-8-14(23)22-13/h7-8,11H,3-6,9-10H2,1-2H3,(H,21,24). The van der Waals surface area contributed by atoms with Crippen molar-refractivity contribution in [2.75, 3.05) is 19.8 Å². The van der Waals surface area contributed by atoms with Crippen molar-refractivity contribution < 1.29 is 22.7 Å². The van der Waals surface area contributed by atoms with E-state index in [2.05, 4.69) is 10.3 Å². The third kappa shape index (κ3) is 4.72. The molecule has 1 N–H and O–H groups in total. The van der Waals surface area contributed by atoms with Gasteiger partial charge < -0.3 is 10.1 Å². The summed E-state index contributed by atoms with van der Waals surface area (Å²) in [5.74, 6) is -0.424. The number of ether oxygens (including phenoxy) is 1. The first-order valence-corrected chi connectivity index (χ1v) is 8.32. The van der Waals surface area contributed by atoms with Gasteiger partial charge in [0, 0.05) is 26.0 Å². The normalized spacial score (nSPS) is 11.9. The van der Waals surface area contributed by atoms with Crippen LogP contribution in [-0.2, 0) is 17.3 Å². The number of imidazole rings is 1. The van der Waals surface area contributed by atoms with Crippen LogP contribution in [0.5, 0.6) is 0 Å². The van der Waals surface area contributed by atoms with Crippen LogP contribution in [0.15, 0.2) is 18.3 Å². The first kappa shape index (κ1) is 19.2. The summed E-state index contributed by atoms with van der Waals surface area (Å²) in [7, 11) is 0. The van der Waals surface area contributed by atoms with Crippen molar-refractivity contribution in [2.24, 2.45) is 0 Å². The van der Waals surface area contributed by atoms with Crippen molar-refractivity contribution in [2.45, 2.75) is 39.3 Å². The molecular weight excluding hydrogens is 335 g/mol. The Morgan fingerprint density at radius 3 is 2.72 bits per heavy atom. The molecule has 0 radical (unpaired) electrons. The molecule has 0 unspecified atom stereocenters. The Kier molecular flexibility index (Phi) is 6.41. The molecular formula is C17H22F3N3O2. The van der Waals surface area contributed by atoms with Crippen molar-refractivity contribution >= 4 is 11.6 Å². The van der Waals surface area contributed by atoms with Gasteiger partial charge in [-0.05, 0) is 31.9 Å². The van der Waals surface area contributed by atoms with Gasteiger partial charge in [0.05, 0.1) is 11.3 Å². The molecule has 0 aliphatic rings. The van der Waals surface area contributed by atoms with Gasteiger partial charge in [0.2, 0.25) is 0 Å². The summed E-state index contributed by atoms with van der Waals surface area (Å²) in [6, 6.07) is 2.26. The number of nitrogens with zero attached hydrogens (tertiary/aromatic N) is 2. The van der Waals surface area contributed by atoms with Crippen LogP contribution in [0.25, 0.3) is 5.65 Å². The molecule has 2 heterocycles. The molecule has 2 aromatic rings. The number of amides is 1. The van der Waals surface area contributed by atoms with E-state index in [1.54, 1.807) is 0 Å². The second-order valence-corrected chi connectivity index (χ2v) is 5.61. The Labute approximate surface area is 144 Å². The largest absolute Gasteiger partial charge is 0.417 e. The highest BCUT2D eigenvalue weighted by molar-refractivity contribution is 5.94. The lowest BCUT2D eigenvalue weighted by Gasteiger charge is -2.09. The molecule has 0 aliphatic heterocycles. The number of aromatic nitrogens is 2. The van der Waals surface area contributed by atoms with Gasteiger partial charge >= 0.3 is 6.18 Å². The van der Waals surface area contributed by atoms with Crippen molar-refractivity contribution in [1.29, 1.82) is 0 Å². The molecule has 5 nitrogen and oxygen atoms in total. The molecule has 2 rings (SSSR count). The lowest BCUT2D eigenvalue weighted by atomic mass is 10.2. The van der Waals surface area contributed by atoms with Crippen molar-refractivity contribution in [3.8, 4) is 0 Å². The van der Waals surface area contributed by atoms with E-state index in [4.69, 9.17) is 4.74 Å². The van der Waals surface area contributed by atoms with Crippen molar-refractivity contribution in [1.82, 2.24) is 14.7 Å². The Bertz CT molecular complexity index is 726. The molecule has 0 spiro atoms. The van der Waals surface area contributed by atoms with Gasteiger partial charge in [0.25, 0.3) is 5.91 Å². The lowest BCUT2D eigenvalue weighted by molar-refractivity contribution is -0.137. The predicted octanol–water partition coefficient (Wildman–Crippen LogP) is 3.46. The van der Waals surface area contributed by atoms with Gasteiger partial charge in [0.1, 0.15) is 11.3 Å². The highest BCUT2D eigenvalue weighted by Crippen LogP contribution is 2.30. The maximum Gasteiger partial charge on any atom is 0.417 e. The minimum absolute atomic E-state index is 0.166. The van der Waals surface area contributed by atoms with Gasteiger partial charge in [-0.2, -0.15) is 13.2 Å². The van der Waals surface area contributed by atoms with Gasteiger partial charge in [-0.15, -0.1) is 0 Å². The van der Waals surface area contributed by atoms with Crippen LogP contribution in [0.2, 0.25) is 0 Å². The molecule has 0 saturated heterocycles. The number of halogens is 3. The van der Waals surface area contributed by atoms with E-state index in [-0.39, 0.29) is 5.69 Å². The quantitative estimate of drug-likeness (QED) is 0.736. The zero-order valence-electron chi connectivity index (χ0n) is 14.3. The summed E-state index contributed by atoms with van der Waals surface area (Å²) in [4.78, 5) is 16.8. The van der Waals surface area contributed by atoms with E-state index in [0.717, 1.165) is 18.7 Å². The molecule has 2 aromatic heterocycles. The van der Waals surface area contributed by atoms with Gasteiger partial charge in [0.15, 0.2) is 0 Å². The highest BCUT2D eigenvalue weighted by atomic mass is 19.4. The molecule has 0 fully saturated rings. The fraction of sp³-hybridized carbons (Fsp3) is 0.529. The van der Waals surface area contributed by atoms with Crippen LogP contribution in [0.3, 0.4) is 0 Å². The second kappa shape index (κ2) is 8.33. The summed E-state index contributed by atoms with van der Waals surface area (Å²) in [5, 5.41) is 2.73. The minimum atomic E-state index is -4.48. The van der Waals surface area contributed by atoms with Crippen LogP contribution in [0, 0.1) is 0 Å². The van der Waals surface area contributed by atoms with E-state index >= 15 is 0 Å². The van der Waals surface area contributed by atoms with Gasteiger partial charge in [-0.25, -0.2) is 4.98 Å². The number of hydrogen-bond acceptors (Lipinski definition) is 3. The Morgan fingerprint density at radius 2 is 2.08 bits per heavy atom. The van der Waals surface area contributed by atoms with E-state index in [1.807, 2.05) is 13.8 Å². The fourth-order valence-electron chi connectivity index (χ4n) is 2.52. The van der Waals surface area contributed by atoms with Crippen LogP contribution in [-0.4, -0.2) is 35.1 Å². The number of fused-ring (bicyclic) bond motifs is 1. The van der Waals surface area contributed by atoms with E-state index < -0.39 is 17.6 Å². The first-order chi connectivity index (χ1) is 11.9. The maximum atomic E-state index is 13.0. The Morgan fingerprint density at radius 1 is 1.32 bits per heavy atom. The third-order valence-corrected chi connectivity index (χ3v) is 3.68. The van der Waals surface area contributed by atoms with Crippen LogP contribution < -0.4 is 5.32 Å². The number of nitrogens with one attached hydrogen (secondary N) is 1. The van der Waals surface area contributed by atoms with E-state index in [1.165, 1.54) is 10.5 Å². The molecule has 0 aliphatic carbocycles. The average Bonchev–Trinajstić information content (AvgIpc) is 2.91. The van der Waals surface area contributed by atoms with Gasteiger partial charge in [-0.1, -0.05) is 13.3 Å².